The Hall–Kier alpha value is -3.56. The zero-order valence-electron chi connectivity index (χ0n) is 20.1. The van der Waals surface area contributed by atoms with E-state index in [-0.39, 0.29) is 35.0 Å². The van der Waals surface area contributed by atoms with Crippen LogP contribution in [-0.4, -0.2) is 15.0 Å². The topological polar surface area (TPSA) is 38.7 Å². The number of hydrogen-bond donors (Lipinski definition) is 0. The lowest BCUT2D eigenvalue weighted by Crippen LogP contribution is -1.97. The molecule has 0 unspecified atom stereocenters. The van der Waals surface area contributed by atoms with Crippen molar-refractivity contribution < 1.29 is 6.85 Å². The number of hydrogen-bond acceptors (Lipinski definition) is 3. The number of rotatable bonds is 3. The minimum atomic E-state index is -0.407. The molecule has 4 heteroatoms. The van der Waals surface area contributed by atoms with Crippen LogP contribution in [0, 0.1) is 0 Å². The van der Waals surface area contributed by atoms with Gasteiger partial charge in [0.15, 0.2) is 11.6 Å². The minimum absolute atomic E-state index is 0.0977. The van der Waals surface area contributed by atoms with E-state index in [4.69, 9.17) is 18.5 Å². The highest BCUT2D eigenvalue weighted by Crippen LogP contribution is 2.28. The molecule has 0 radical (unpaired) electrons. The van der Waals surface area contributed by atoms with E-state index in [9.17, 15) is 0 Å². The molecule has 1 heterocycles. The van der Waals surface area contributed by atoms with Gasteiger partial charge in [-0.3, -0.25) is 0 Å². The summed E-state index contributed by atoms with van der Waals surface area (Å²) in [5.41, 5.74) is 2.31. The third-order valence-electron chi connectivity index (χ3n) is 4.53. The van der Waals surface area contributed by atoms with Crippen molar-refractivity contribution in [3.05, 3.63) is 102 Å². The van der Waals surface area contributed by atoms with Gasteiger partial charge in [0.2, 0.25) is 5.28 Å². The van der Waals surface area contributed by atoms with Gasteiger partial charge in [0.25, 0.3) is 0 Å². The second-order valence-electron chi connectivity index (χ2n) is 6.39. The minimum Gasteiger partial charge on any atom is -0.208 e. The van der Waals surface area contributed by atoms with E-state index in [0.717, 1.165) is 21.9 Å². The molecule has 0 amide bonds. The number of fused-ring (bicyclic) bond motifs is 1. The standard InChI is InChI=1S/C25H16ClN3/c26-25-28-23(18-9-5-2-6-10-18)27-24(29-25)22-14-13-20-15-19(11-12-21(20)16-22)17-7-3-1-4-8-17/h1-16H/i1D,3D,4D,7D,8D. The highest BCUT2D eigenvalue weighted by Gasteiger charge is 2.10. The summed E-state index contributed by atoms with van der Waals surface area (Å²) in [4.78, 5) is 13.1. The summed E-state index contributed by atoms with van der Waals surface area (Å²) in [6, 6.07) is 19.0. The number of benzene rings is 4. The predicted molar refractivity (Wildman–Crippen MR) is 119 cm³/mol. The summed E-state index contributed by atoms with van der Waals surface area (Å²) in [7, 11) is 0. The van der Waals surface area contributed by atoms with Crippen LogP contribution in [0.3, 0.4) is 0 Å². The van der Waals surface area contributed by atoms with E-state index in [2.05, 4.69) is 15.0 Å². The first-order chi connectivity index (χ1) is 16.3. The van der Waals surface area contributed by atoms with Crippen LogP contribution in [0.5, 0.6) is 0 Å². The van der Waals surface area contributed by atoms with E-state index < -0.39 is 6.04 Å². The molecule has 0 saturated carbocycles. The van der Waals surface area contributed by atoms with Gasteiger partial charge in [0, 0.05) is 11.1 Å². The van der Waals surface area contributed by atoms with Crippen LogP contribution in [-0.2, 0) is 0 Å². The lowest BCUT2D eigenvalue weighted by Gasteiger charge is -2.08. The van der Waals surface area contributed by atoms with Crippen molar-refractivity contribution in [3.63, 3.8) is 0 Å². The molecule has 29 heavy (non-hydrogen) atoms. The number of halogens is 1. The van der Waals surface area contributed by atoms with Gasteiger partial charge >= 0.3 is 0 Å². The van der Waals surface area contributed by atoms with Gasteiger partial charge < -0.3 is 0 Å². The summed E-state index contributed by atoms with van der Waals surface area (Å²) in [5.74, 6) is 0.919. The van der Waals surface area contributed by atoms with E-state index in [1.807, 2.05) is 60.7 Å². The Morgan fingerprint density at radius 1 is 0.586 bits per heavy atom. The summed E-state index contributed by atoms with van der Waals surface area (Å²) in [6.07, 6.45) is 0. The Bertz CT molecular complexity index is 1550. The third kappa shape index (κ3) is 3.60. The molecular weight excluding hydrogens is 378 g/mol. The SMILES string of the molecule is [2H]c1c([2H])c([2H])c(-c2ccc3cc(-c4nc(Cl)nc(-c5ccccc5)n4)ccc3c2)c([2H])c1[2H]. The zero-order valence-corrected chi connectivity index (χ0v) is 15.8. The van der Waals surface area contributed by atoms with Crippen LogP contribution in [0.4, 0.5) is 0 Å². The molecule has 5 rings (SSSR count). The van der Waals surface area contributed by atoms with Crippen molar-refractivity contribution in [1.29, 1.82) is 0 Å². The molecule has 0 N–H and O–H groups in total. The quantitative estimate of drug-likeness (QED) is 0.340. The fourth-order valence-electron chi connectivity index (χ4n) is 3.13. The van der Waals surface area contributed by atoms with Crippen LogP contribution >= 0.6 is 11.6 Å². The van der Waals surface area contributed by atoms with E-state index in [1.54, 1.807) is 6.07 Å². The maximum absolute atomic E-state index is 8.23. The third-order valence-corrected chi connectivity index (χ3v) is 4.70. The Labute approximate surface area is 180 Å². The second-order valence-corrected chi connectivity index (χ2v) is 6.73. The lowest BCUT2D eigenvalue weighted by atomic mass is 10.00. The average Bonchev–Trinajstić information content (AvgIpc) is 2.86. The molecule has 5 aromatic rings. The van der Waals surface area contributed by atoms with E-state index in [0.29, 0.717) is 17.2 Å². The van der Waals surface area contributed by atoms with Crippen LogP contribution in [0.1, 0.15) is 6.85 Å². The van der Waals surface area contributed by atoms with Crippen molar-refractivity contribution >= 4 is 22.4 Å². The fraction of sp³-hybridized carbons (Fsp3) is 0. The molecule has 0 aliphatic carbocycles. The van der Waals surface area contributed by atoms with Crippen LogP contribution in [0.25, 0.3) is 44.7 Å². The maximum Gasteiger partial charge on any atom is 0.226 e. The van der Waals surface area contributed by atoms with Crippen molar-refractivity contribution in [2.75, 3.05) is 0 Å². The molecule has 1 aromatic heterocycles. The van der Waals surface area contributed by atoms with Gasteiger partial charge in [0.05, 0.1) is 6.85 Å². The highest BCUT2D eigenvalue weighted by atomic mass is 35.5. The van der Waals surface area contributed by atoms with Crippen molar-refractivity contribution in [3.8, 4) is 33.9 Å². The Kier molecular flexibility index (Phi) is 3.29. The molecule has 0 atom stereocenters. The van der Waals surface area contributed by atoms with Gasteiger partial charge in [-0.2, -0.15) is 9.97 Å². The fourth-order valence-corrected chi connectivity index (χ4v) is 3.29. The molecule has 138 valence electrons. The molecule has 0 aliphatic rings. The molecule has 0 fully saturated rings. The average molecular weight is 399 g/mol. The van der Waals surface area contributed by atoms with Gasteiger partial charge in [-0.05, 0) is 45.6 Å². The molecular formula is C25H16ClN3. The lowest BCUT2D eigenvalue weighted by molar-refractivity contribution is 1.07. The first-order valence-electron chi connectivity index (χ1n) is 11.4. The molecule has 0 saturated heterocycles. The van der Waals surface area contributed by atoms with Gasteiger partial charge in [-0.1, -0.05) is 84.8 Å². The summed E-state index contributed by atoms with van der Waals surface area (Å²) in [6.45, 7) is 0. The highest BCUT2D eigenvalue weighted by molar-refractivity contribution is 6.28. The molecule has 3 nitrogen and oxygen atoms in total. The summed E-state index contributed by atoms with van der Waals surface area (Å²) >= 11 is 6.18. The van der Waals surface area contributed by atoms with Crippen molar-refractivity contribution in [2.24, 2.45) is 0 Å². The monoisotopic (exact) mass is 398 g/mol. The van der Waals surface area contributed by atoms with Crippen molar-refractivity contribution in [1.82, 2.24) is 15.0 Å². The summed E-state index contributed by atoms with van der Waals surface area (Å²) < 4.78 is 40.1. The van der Waals surface area contributed by atoms with Crippen molar-refractivity contribution in [2.45, 2.75) is 0 Å². The smallest absolute Gasteiger partial charge is 0.208 e. The van der Waals surface area contributed by atoms with Crippen LogP contribution in [0.2, 0.25) is 5.28 Å². The largest absolute Gasteiger partial charge is 0.226 e. The van der Waals surface area contributed by atoms with Gasteiger partial charge in [-0.25, -0.2) is 4.98 Å². The van der Waals surface area contributed by atoms with Crippen LogP contribution in [0.15, 0.2) is 96.9 Å². The predicted octanol–water partition coefficient (Wildman–Crippen LogP) is 6.68. The van der Waals surface area contributed by atoms with Gasteiger partial charge in [-0.15, -0.1) is 0 Å². The van der Waals surface area contributed by atoms with E-state index in [1.165, 1.54) is 0 Å². The first-order valence-corrected chi connectivity index (χ1v) is 9.30. The Balaban J connectivity index is 1.59. The maximum atomic E-state index is 8.23. The summed E-state index contributed by atoms with van der Waals surface area (Å²) in [5, 5.41) is 1.82. The Morgan fingerprint density at radius 2 is 1.21 bits per heavy atom. The zero-order chi connectivity index (χ0) is 24.0. The molecule has 0 aliphatic heterocycles. The van der Waals surface area contributed by atoms with E-state index >= 15 is 0 Å². The number of aromatic nitrogens is 3. The second kappa shape index (κ2) is 7.46. The molecule has 0 spiro atoms. The van der Waals surface area contributed by atoms with Gasteiger partial charge in [0.1, 0.15) is 0 Å². The number of nitrogens with zero attached hydrogens (tertiary/aromatic N) is 3. The van der Waals surface area contributed by atoms with Crippen LogP contribution < -0.4 is 0 Å². The normalized spacial score (nSPS) is 13.3. The first kappa shape index (κ1) is 12.8. The molecule has 4 aromatic carbocycles. The molecule has 0 bridgehead atoms. The Morgan fingerprint density at radius 3 is 1.93 bits per heavy atom.